The van der Waals surface area contributed by atoms with Crippen LogP contribution in [-0.4, -0.2) is 89.0 Å². The Balaban J connectivity index is 1.83. The molecule has 0 aromatic heterocycles. The molecule has 1 aliphatic heterocycles. The van der Waals surface area contributed by atoms with Crippen molar-refractivity contribution in [2.75, 3.05) is 72.9 Å². The molecule has 0 bridgehead atoms. The normalized spacial score (nSPS) is 18.6. The van der Waals surface area contributed by atoms with Crippen LogP contribution in [0.2, 0.25) is 0 Å². The van der Waals surface area contributed by atoms with E-state index in [1.807, 2.05) is 0 Å². The lowest BCUT2D eigenvalue weighted by Gasteiger charge is -2.26. The van der Waals surface area contributed by atoms with Crippen LogP contribution in [0.4, 0.5) is 0 Å². The third-order valence-corrected chi connectivity index (χ3v) is 3.05. The molecule has 0 saturated carbocycles. The number of rotatable bonds is 11. The summed E-state index contributed by atoms with van der Waals surface area (Å²) in [6.45, 7) is 7.84. The van der Waals surface area contributed by atoms with Crippen LogP contribution in [0.5, 0.6) is 0 Å². The zero-order chi connectivity index (χ0) is 13.8. The van der Waals surface area contributed by atoms with Crippen molar-refractivity contribution in [1.82, 2.24) is 10.2 Å². The highest BCUT2D eigenvalue weighted by atomic mass is 16.5. The van der Waals surface area contributed by atoms with Gasteiger partial charge in [-0.05, 0) is 19.5 Å². The lowest BCUT2D eigenvalue weighted by molar-refractivity contribution is 0.0136. The van der Waals surface area contributed by atoms with E-state index < -0.39 is 6.10 Å². The van der Waals surface area contributed by atoms with Crippen molar-refractivity contribution in [2.24, 2.45) is 0 Å². The highest BCUT2D eigenvalue weighted by Crippen LogP contribution is 1.97. The molecule has 114 valence electrons. The molecule has 6 nitrogen and oxygen atoms in total. The Bertz CT molecular complexity index is 201. The highest BCUT2D eigenvalue weighted by molar-refractivity contribution is 4.63. The number of morpholine rings is 1. The number of ether oxygens (including phenoxy) is 3. The highest BCUT2D eigenvalue weighted by Gasteiger charge is 2.09. The van der Waals surface area contributed by atoms with Crippen molar-refractivity contribution < 1.29 is 19.3 Å². The maximum Gasteiger partial charge on any atom is 0.0897 e. The molecular formula is C13H28N2O4. The standard InChI is InChI=1S/C13H28N2O4/c1-17-9-10-19-12-13(16)11-14-3-2-4-15-5-7-18-8-6-15/h13-14,16H,2-12H2,1H3. The van der Waals surface area contributed by atoms with E-state index in [0.29, 0.717) is 26.4 Å². The number of methoxy groups -OCH3 is 1. The van der Waals surface area contributed by atoms with Gasteiger partial charge in [0.25, 0.3) is 0 Å². The third kappa shape index (κ3) is 9.32. The van der Waals surface area contributed by atoms with Gasteiger partial charge in [0.15, 0.2) is 0 Å². The summed E-state index contributed by atoms with van der Waals surface area (Å²) in [4.78, 5) is 2.41. The number of aliphatic hydroxyl groups is 1. The predicted molar refractivity (Wildman–Crippen MR) is 73.4 cm³/mol. The van der Waals surface area contributed by atoms with Crippen molar-refractivity contribution in [1.29, 1.82) is 0 Å². The van der Waals surface area contributed by atoms with Gasteiger partial charge >= 0.3 is 0 Å². The molecule has 1 rings (SSSR count). The minimum Gasteiger partial charge on any atom is -0.389 e. The fraction of sp³-hybridized carbons (Fsp3) is 1.00. The summed E-state index contributed by atoms with van der Waals surface area (Å²) in [6.07, 6.45) is 0.650. The van der Waals surface area contributed by atoms with Crippen LogP contribution in [0.15, 0.2) is 0 Å². The number of aliphatic hydroxyl groups excluding tert-OH is 1. The molecule has 0 spiro atoms. The molecule has 0 amide bonds. The third-order valence-electron chi connectivity index (χ3n) is 3.05. The van der Waals surface area contributed by atoms with Gasteiger partial charge in [0, 0.05) is 26.7 Å². The van der Waals surface area contributed by atoms with E-state index in [1.165, 1.54) is 0 Å². The van der Waals surface area contributed by atoms with Crippen LogP contribution in [0, 0.1) is 0 Å². The summed E-state index contributed by atoms with van der Waals surface area (Å²) in [6, 6.07) is 0. The zero-order valence-corrected chi connectivity index (χ0v) is 12.0. The van der Waals surface area contributed by atoms with Gasteiger partial charge in [-0.15, -0.1) is 0 Å². The second-order valence-corrected chi connectivity index (χ2v) is 4.73. The molecule has 0 aliphatic carbocycles. The van der Waals surface area contributed by atoms with Crippen LogP contribution < -0.4 is 5.32 Å². The van der Waals surface area contributed by atoms with Crippen LogP contribution in [-0.2, 0) is 14.2 Å². The largest absolute Gasteiger partial charge is 0.389 e. The lowest BCUT2D eigenvalue weighted by Crippen LogP contribution is -2.38. The van der Waals surface area contributed by atoms with Crippen molar-refractivity contribution in [3.63, 3.8) is 0 Å². The SMILES string of the molecule is COCCOCC(O)CNCCCN1CCOCC1. The van der Waals surface area contributed by atoms with Gasteiger partial charge in [-0.1, -0.05) is 0 Å². The summed E-state index contributed by atoms with van der Waals surface area (Å²) in [5, 5.41) is 12.9. The van der Waals surface area contributed by atoms with Crippen LogP contribution in [0.1, 0.15) is 6.42 Å². The van der Waals surface area contributed by atoms with Gasteiger partial charge in [-0.2, -0.15) is 0 Å². The topological polar surface area (TPSA) is 63.2 Å². The maximum absolute atomic E-state index is 9.64. The summed E-state index contributed by atoms with van der Waals surface area (Å²) in [5.41, 5.74) is 0. The van der Waals surface area contributed by atoms with Gasteiger partial charge in [0.05, 0.1) is 39.1 Å². The first-order chi connectivity index (χ1) is 9.33. The number of hydrogen-bond donors (Lipinski definition) is 2. The maximum atomic E-state index is 9.64. The number of nitrogens with one attached hydrogen (secondary N) is 1. The number of nitrogens with zero attached hydrogens (tertiary/aromatic N) is 1. The smallest absolute Gasteiger partial charge is 0.0897 e. The monoisotopic (exact) mass is 276 g/mol. The van der Waals surface area contributed by atoms with E-state index in [-0.39, 0.29) is 0 Å². The van der Waals surface area contributed by atoms with E-state index in [4.69, 9.17) is 14.2 Å². The molecule has 1 unspecified atom stereocenters. The summed E-state index contributed by atoms with van der Waals surface area (Å²) in [7, 11) is 1.63. The van der Waals surface area contributed by atoms with Crippen molar-refractivity contribution in [2.45, 2.75) is 12.5 Å². The van der Waals surface area contributed by atoms with Crippen molar-refractivity contribution in [3.05, 3.63) is 0 Å². The molecule has 1 atom stereocenters. The fourth-order valence-corrected chi connectivity index (χ4v) is 1.94. The van der Waals surface area contributed by atoms with E-state index >= 15 is 0 Å². The second-order valence-electron chi connectivity index (χ2n) is 4.73. The second kappa shape index (κ2) is 11.6. The fourth-order valence-electron chi connectivity index (χ4n) is 1.94. The Hall–Kier alpha value is -0.240. The van der Waals surface area contributed by atoms with Gasteiger partial charge in [0.2, 0.25) is 0 Å². The van der Waals surface area contributed by atoms with Gasteiger partial charge in [0.1, 0.15) is 0 Å². The molecule has 1 saturated heterocycles. The van der Waals surface area contributed by atoms with Crippen LogP contribution >= 0.6 is 0 Å². The lowest BCUT2D eigenvalue weighted by atomic mass is 10.3. The van der Waals surface area contributed by atoms with E-state index in [0.717, 1.165) is 45.8 Å². The van der Waals surface area contributed by atoms with Crippen LogP contribution in [0.3, 0.4) is 0 Å². The van der Waals surface area contributed by atoms with E-state index in [2.05, 4.69) is 10.2 Å². The molecule has 1 heterocycles. The summed E-state index contributed by atoms with van der Waals surface area (Å²) < 4.78 is 15.4. The van der Waals surface area contributed by atoms with Gasteiger partial charge in [-0.3, -0.25) is 4.90 Å². The van der Waals surface area contributed by atoms with Gasteiger partial charge < -0.3 is 24.6 Å². The zero-order valence-electron chi connectivity index (χ0n) is 12.0. The Kier molecular flexibility index (Phi) is 10.2. The first-order valence-corrected chi connectivity index (χ1v) is 7.08. The van der Waals surface area contributed by atoms with Crippen molar-refractivity contribution >= 4 is 0 Å². The molecule has 0 aromatic carbocycles. The van der Waals surface area contributed by atoms with E-state index in [1.54, 1.807) is 7.11 Å². The first-order valence-electron chi connectivity index (χ1n) is 7.08. The molecule has 0 aromatic rings. The predicted octanol–water partition coefficient (Wildman–Crippen LogP) is -0.678. The quantitative estimate of drug-likeness (QED) is 0.488. The molecule has 19 heavy (non-hydrogen) atoms. The average molecular weight is 276 g/mol. The Morgan fingerprint density at radius 3 is 2.84 bits per heavy atom. The first kappa shape index (κ1) is 16.8. The molecule has 1 aliphatic rings. The molecule has 1 fully saturated rings. The number of hydrogen-bond acceptors (Lipinski definition) is 6. The Labute approximate surface area is 116 Å². The minimum absolute atomic E-state index is 0.361. The van der Waals surface area contributed by atoms with Gasteiger partial charge in [-0.25, -0.2) is 0 Å². The average Bonchev–Trinajstić information content (AvgIpc) is 2.44. The molecular weight excluding hydrogens is 248 g/mol. The summed E-state index contributed by atoms with van der Waals surface area (Å²) in [5.74, 6) is 0. The molecule has 0 radical (unpaired) electrons. The summed E-state index contributed by atoms with van der Waals surface area (Å²) >= 11 is 0. The molecule has 6 heteroatoms. The van der Waals surface area contributed by atoms with Crippen LogP contribution in [0.25, 0.3) is 0 Å². The molecule has 2 N–H and O–H groups in total. The van der Waals surface area contributed by atoms with Crippen molar-refractivity contribution in [3.8, 4) is 0 Å². The Morgan fingerprint density at radius 2 is 2.11 bits per heavy atom. The minimum atomic E-state index is -0.444. The van der Waals surface area contributed by atoms with E-state index in [9.17, 15) is 5.11 Å². The Morgan fingerprint density at radius 1 is 1.32 bits per heavy atom.